The lowest BCUT2D eigenvalue weighted by Gasteiger charge is -2.06. The van der Waals surface area contributed by atoms with Gasteiger partial charge in [0.2, 0.25) is 5.91 Å². The number of para-hydroxylation sites is 1. The second-order valence-electron chi connectivity index (χ2n) is 3.40. The maximum Gasteiger partial charge on any atom is 0.232 e. The first-order valence-corrected chi connectivity index (χ1v) is 4.93. The summed E-state index contributed by atoms with van der Waals surface area (Å²) < 4.78 is 31.4. The van der Waals surface area contributed by atoms with Crippen molar-refractivity contribution >= 4 is 11.6 Å². The summed E-state index contributed by atoms with van der Waals surface area (Å²) in [6, 6.07) is 6.62. The van der Waals surface area contributed by atoms with Crippen LogP contribution in [0.5, 0.6) is 0 Å². The first-order valence-electron chi connectivity index (χ1n) is 4.93. The number of hydrogen-bond acceptors (Lipinski definition) is 2. The van der Waals surface area contributed by atoms with Crippen LogP contribution in [0.4, 0.5) is 14.5 Å². The molecule has 0 spiro atoms. The molecule has 3 nitrogen and oxygen atoms in total. The van der Waals surface area contributed by atoms with E-state index < -0.39 is 23.2 Å². The molecule has 1 N–H and O–H groups in total. The molecule has 0 aliphatic rings. The zero-order chi connectivity index (χ0) is 12.3. The average molecular weight is 237 g/mol. The highest BCUT2D eigenvalue weighted by atomic mass is 19.1. The molecule has 88 valence electrons. The fourth-order valence-corrected chi connectivity index (χ4v) is 1.37. The normalized spacial score (nSPS) is 10.2. The van der Waals surface area contributed by atoms with Gasteiger partial charge < -0.3 is 9.73 Å². The van der Waals surface area contributed by atoms with Crippen LogP contribution in [0.1, 0.15) is 5.76 Å². The molecule has 1 aromatic carbocycles. The van der Waals surface area contributed by atoms with Gasteiger partial charge in [-0.05, 0) is 24.3 Å². The number of rotatable bonds is 3. The second kappa shape index (κ2) is 4.78. The molecule has 1 amide bonds. The Kier molecular flexibility index (Phi) is 3.18. The maximum atomic E-state index is 13.2. The Hall–Kier alpha value is -2.17. The highest BCUT2D eigenvalue weighted by Gasteiger charge is 2.12. The van der Waals surface area contributed by atoms with Crippen LogP contribution in [-0.4, -0.2) is 5.91 Å². The number of halogens is 2. The van der Waals surface area contributed by atoms with Crippen LogP contribution in [0, 0.1) is 11.6 Å². The lowest BCUT2D eigenvalue weighted by molar-refractivity contribution is -0.115. The molecule has 1 heterocycles. The summed E-state index contributed by atoms with van der Waals surface area (Å²) in [4.78, 5) is 11.5. The third-order valence-corrected chi connectivity index (χ3v) is 2.14. The number of anilines is 1. The number of hydrogen-bond donors (Lipinski definition) is 1. The van der Waals surface area contributed by atoms with Crippen LogP contribution in [0.3, 0.4) is 0 Å². The quantitative estimate of drug-likeness (QED) is 0.891. The molecule has 0 saturated carbocycles. The molecule has 5 heteroatoms. The van der Waals surface area contributed by atoms with Gasteiger partial charge >= 0.3 is 0 Å². The van der Waals surface area contributed by atoms with Gasteiger partial charge in [-0.3, -0.25) is 4.79 Å². The van der Waals surface area contributed by atoms with Crippen molar-refractivity contribution in [3.63, 3.8) is 0 Å². The van der Waals surface area contributed by atoms with E-state index in [0.717, 1.165) is 12.1 Å². The van der Waals surface area contributed by atoms with Crippen molar-refractivity contribution in [2.45, 2.75) is 6.42 Å². The zero-order valence-electron chi connectivity index (χ0n) is 8.74. The van der Waals surface area contributed by atoms with E-state index in [4.69, 9.17) is 4.42 Å². The first kappa shape index (κ1) is 11.3. The molecule has 1 aromatic heterocycles. The fraction of sp³-hybridized carbons (Fsp3) is 0.0833. The minimum absolute atomic E-state index is 0.0687. The predicted octanol–water partition coefficient (Wildman–Crippen LogP) is 2.74. The molecular weight excluding hydrogens is 228 g/mol. The van der Waals surface area contributed by atoms with Crippen LogP contribution in [0.2, 0.25) is 0 Å². The Morgan fingerprint density at radius 2 is 1.88 bits per heavy atom. The maximum absolute atomic E-state index is 13.2. The molecule has 2 rings (SSSR count). The Bertz CT molecular complexity index is 503. The third kappa shape index (κ3) is 2.69. The van der Waals surface area contributed by atoms with E-state index in [-0.39, 0.29) is 6.42 Å². The van der Waals surface area contributed by atoms with E-state index in [9.17, 15) is 13.6 Å². The van der Waals surface area contributed by atoms with Crippen molar-refractivity contribution in [2.24, 2.45) is 0 Å². The number of nitrogens with one attached hydrogen (secondary N) is 1. The predicted molar refractivity (Wildman–Crippen MR) is 57.4 cm³/mol. The van der Waals surface area contributed by atoms with E-state index in [1.54, 1.807) is 12.1 Å². The van der Waals surface area contributed by atoms with Gasteiger partial charge in [-0.2, -0.15) is 0 Å². The fourth-order valence-electron chi connectivity index (χ4n) is 1.37. The minimum atomic E-state index is -0.808. The molecule has 0 fully saturated rings. The van der Waals surface area contributed by atoms with Gasteiger partial charge in [0, 0.05) is 0 Å². The summed E-state index contributed by atoms with van der Waals surface area (Å²) in [5.41, 5.74) is -0.441. The van der Waals surface area contributed by atoms with Crippen LogP contribution in [0.25, 0.3) is 0 Å². The first-order chi connectivity index (χ1) is 8.16. The van der Waals surface area contributed by atoms with Crippen molar-refractivity contribution < 1.29 is 18.0 Å². The van der Waals surface area contributed by atoms with E-state index in [1.807, 2.05) is 0 Å². The van der Waals surface area contributed by atoms with Crippen molar-refractivity contribution in [2.75, 3.05) is 5.32 Å². The lowest BCUT2D eigenvalue weighted by Crippen LogP contribution is -2.16. The van der Waals surface area contributed by atoms with Gasteiger partial charge in [0.1, 0.15) is 23.1 Å². The Balaban J connectivity index is 2.08. The number of furan rings is 1. The van der Waals surface area contributed by atoms with Crippen molar-refractivity contribution in [1.29, 1.82) is 0 Å². The topological polar surface area (TPSA) is 42.2 Å². The largest absolute Gasteiger partial charge is 0.469 e. The molecule has 2 aromatic rings. The monoisotopic (exact) mass is 237 g/mol. The molecule has 0 aliphatic heterocycles. The highest BCUT2D eigenvalue weighted by Crippen LogP contribution is 2.18. The van der Waals surface area contributed by atoms with Gasteiger partial charge in [-0.25, -0.2) is 8.78 Å². The van der Waals surface area contributed by atoms with E-state index in [2.05, 4.69) is 5.32 Å². The molecule has 0 unspecified atom stereocenters. The molecular formula is C12H9F2NO2. The summed E-state index contributed by atoms with van der Waals surface area (Å²) in [5, 5.41) is 2.17. The van der Waals surface area contributed by atoms with E-state index >= 15 is 0 Å². The highest BCUT2D eigenvalue weighted by molar-refractivity contribution is 5.92. The number of benzene rings is 1. The lowest BCUT2D eigenvalue weighted by atomic mass is 10.2. The third-order valence-electron chi connectivity index (χ3n) is 2.14. The van der Waals surface area contributed by atoms with Crippen molar-refractivity contribution in [1.82, 2.24) is 0 Å². The smallest absolute Gasteiger partial charge is 0.232 e. The molecule has 17 heavy (non-hydrogen) atoms. The van der Waals surface area contributed by atoms with Gasteiger partial charge in [-0.15, -0.1) is 0 Å². The molecule has 0 saturated heterocycles. The number of carbonyl (C=O) groups excluding carboxylic acids is 1. The number of carbonyl (C=O) groups is 1. The van der Waals surface area contributed by atoms with E-state index in [0.29, 0.717) is 5.76 Å². The summed E-state index contributed by atoms with van der Waals surface area (Å²) >= 11 is 0. The van der Waals surface area contributed by atoms with Crippen LogP contribution >= 0.6 is 0 Å². The Morgan fingerprint density at radius 1 is 1.18 bits per heavy atom. The van der Waals surface area contributed by atoms with Crippen molar-refractivity contribution in [3.8, 4) is 0 Å². The van der Waals surface area contributed by atoms with Crippen molar-refractivity contribution in [3.05, 3.63) is 54.0 Å². The van der Waals surface area contributed by atoms with Gasteiger partial charge in [0.25, 0.3) is 0 Å². The standard InChI is InChI=1S/C12H9F2NO2/c13-9-4-1-5-10(14)12(9)15-11(16)7-8-3-2-6-17-8/h1-6H,7H2,(H,15,16). The van der Waals surface area contributed by atoms with E-state index in [1.165, 1.54) is 12.3 Å². The van der Waals surface area contributed by atoms with Crippen LogP contribution in [-0.2, 0) is 11.2 Å². The van der Waals surface area contributed by atoms with Gasteiger partial charge in [0.15, 0.2) is 0 Å². The molecule has 0 atom stereocenters. The minimum Gasteiger partial charge on any atom is -0.469 e. The summed E-state index contributed by atoms with van der Waals surface area (Å²) in [5.74, 6) is -1.72. The molecule has 0 aliphatic carbocycles. The van der Waals surface area contributed by atoms with Gasteiger partial charge in [-0.1, -0.05) is 6.07 Å². The number of amides is 1. The summed E-state index contributed by atoms with van der Waals surface area (Å²) in [6.07, 6.45) is 1.35. The van der Waals surface area contributed by atoms with Crippen LogP contribution < -0.4 is 5.32 Å². The SMILES string of the molecule is O=C(Cc1ccco1)Nc1c(F)cccc1F. The summed E-state index contributed by atoms with van der Waals surface area (Å²) in [6.45, 7) is 0. The molecule has 0 radical (unpaired) electrons. The average Bonchev–Trinajstić information content (AvgIpc) is 2.76. The van der Waals surface area contributed by atoms with Crippen LogP contribution in [0.15, 0.2) is 41.0 Å². The second-order valence-corrected chi connectivity index (χ2v) is 3.40. The zero-order valence-corrected chi connectivity index (χ0v) is 8.74. The molecule has 0 bridgehead atoms. The Labute approximate surface area is 96.1 Å². The Morgan fingerprint density at radius 3 is 2.47 bits per heavy atom. The summed E-state index contributed by atoms with van der Waals surface area (Å²) in [7, 11) is 0. The van der Waals surface area contributed by atoms with Gasteiger partial charge in [0.05, 0.1) is 12.7 Å².